The topological polar surface area (TPSA) is 57.8 Å². The molecule has 0 aliphatic rings. The minimum absolute atomic E-state index is 0.0244. The van der Waals surface area contributed by atoms with Crippen LogP contribution in [-0.4, -0.2) is 15.8 Å². The minimum Gasteiger partial charge on any atom is -0.326 e. The van der Waals surface area contributed by atoms with Crippen LogP contribution < -0.4 is 5.32 Å². The minimum atomic E-state index is -0.0244. The van der Waals surface area contributed by atoms with Gasteiger partial charge in [-0.15, -0.1) is 0 Å². The maximum absolute atomic E-state index is 11.0. The number of hydrogen-bond acceptors (Lipinski definition) is 3. The summed E-state index contributed by atoms with van der Waals surface area (Å²) in [5.74, 6) is 0.551. The number of carbonyl (C=O) groups excluding carboxylic acids is 1. The van der Waals surface area contributed by atoms with Crippen molar-refractivity contribution >= 4 is 17.4 Å². The number of nitrogens with one attached hydrogen (secondary N) is 2. The number of para-hydroxylation sites is 1. The molecule has 4 nitrogen and oxygen atoms in total. The fraction of sp³-hybridized carbons (Fsp3) is 0.0909. The highest BCUT2D eigenvalue weighted by atomic mass is 16.1. The Kier molecular flexibility index (Phi) is 2.49. The SMILES string of the molecule is CC(=O)c1cnc(Nc2ccccc2)[nH]1. The first-order valence-electron chi connectivity index (χ1n) is 4.64. The lowest BCUT2D eigenvalue weighted by Crippen LogP contribution is -1.94. The molecule has 0 aliphatic carbocycles. The average Bonchev–Trinajstić information content (AvgIpc) is 2.68. The summed E-state index contributed by atoms with van der Waals surface area (Å²) in [5, 5.41) is 3.06. The van der Waals surface area contributed by atoms with Gasteiger partial charge < -0.3 is 10.3 Å². The Balaban J connectivity index is 2.15. The monoisotopic (exact) mass is 201 g/mol. The number of benzene rings is 1. The molecule has 0 saturated carbocycles. The maximum atomic E-state index is 11.0. The second kappa shape index (κ2) is 3.96. The van der Waals surface area contributed by atoms with E-state index >= 15 is 0 Å². The molecule has 2 rings (SSSR count). The number of Topliss-reactive ketones (excluding diaryl/α,β-unsaturated/α-hetero) is 1. The van der Waals surface area contributed by atoms with E-state index < -0.39 is 0 Å². The number of ketones is 1. The molecule has 15 heavy (non-hydrogen) atoms. The van der Waals surface area contributed by atoms with Gasteiger partial charge >= 0.3 is 0 Å². The predicted molar refractivity (Wildman–Crippen MR) is 58.3 cm³/mol. The van der Waals surface area contributed by atoms with Crippen LogP contribution in [0.4, 0.5) is 11.6 Å². The molecule has 1 aromatic heterocycles. The first kappa shape index (κ1) is 9.45. The van der Waals surface area contributed by atoms with Crippen molar-refractivity contribution in [3.8, 4) is 0 Å². The number of imidazole rings is 1. The second-order valence-corrected chi connectivity index (χ2v) is 3.19. The van der Waals surface area contributed by atoms with Crippen molar-refractivity contribution in [2.45, 2.75) is 6.92 Å². The van der Waals surface area contributed by atoms with Crippen molar-refractivity contribution in [1.82, 2.24) is 9.97 Å². The van der Waals surface area contributed by atoms with E-state index in [4.69, 9.17) is 0 Å². The molecular formula is C11H11N3O. The molecule has 2 N–H and O–H groups in total. The van der Waals surface area contributed by atoms with Gasteiger partial charge in [-0.25, -0.2) is 4.98 Å². The van der Waals surface area contributed by atoms with Gasteiger partial charge in [0.2, 0.25) is 5.95 Å². The molecule has 76 valence electrons. The van der Waals surface area contributed by atoms with Crippen molar-refractivity contribution in [2.24, 2.45) is 0 Å². The highest BCUT2D eigenvalue weighted by molar-refractivity contribution is 5.92. The molecule has 0 fully saturated rings. The second-order valence-electron chi connectivity index (χ2n) is 3.19. The van der Waals surface area contributed by atoms with Gasteiger partial charge in [-0.2, -0.15) is 0 Å². The van der Waals surface area contributed by atoms with E-state index in [1.165, 1.54) is 13.1 Å². The standard InChI is InChI=1S/C11H11N3O/c1-8(15)10-7-12-11(14-10)13-9-5-3-2-4-6-9/h2-7H,1H3,(H2,12,13,14). The van der Waals surface area contributed by atoms with Crippen LogP contribution in [0.5, 0.6) is 0 Å². The van der Waals surface area contributed by atoms with Crippen LogP contribution >= 0.6 is 0 Å². The molecule has 4 heteroatoms. The molecule has 0 atom stereocenters. The van der Waals surface area contributed by atoms with Crippen LogP contribution in [0.15, 0.2) is 36.5 Å². The molecule has 0 bridgehead atoms. The third-order valence-electron chi connectivity index (χ3n) is 1.99. The number of rotatable bonds is 3. The summed E-state index contributed by atoms with van der Waals surface area (Å²) in [7, 11) is 0. The van der Waals surface area contributed by atoms with Crippen molar-refractivity contribution < 1.29 is 4.79 Å². The van der Waals surface area contributed by atoms with Gasteiger partial charge in [0, 0.05) is 12.6 Å². The van der Waals surface area contributed by atoms with Crippen LogP contribution in [-0.2, 0) is 0 Å². The molecule has 0 spiro atoms. The zero-order valence-electron chi connectivity index (χ0n) is 8.32. The lowest BCUT2D eigenvalue weighted by atomic mass is 10.3. The molecule has 0 unspecified atom stereocenters. The summed E-state index contributed by atoms with van der Waals surface area (Å²) in [6, 6.07) is 9.65. The summed E-state index contributed by atoms with van der Waals surface area (Å²) in [6.45, 7) is 1.50. The third kappa shape index (κ3) is 2.22. The first-order chi connectivity index (χ1) is 7.25. The molecule has 0 radical (unpaired) electrons. The quantitative estimate of drug-likeness (QED) is 0.749. The van der Waals surface area contributed by atoms with E-state index in [2.05, 4.69) is 15.3 Å². The molecule has 2 aromatic rings. The van der Waals surface area contributed by atoms with Gasteiger partial charge in [0.1, 0.15) is 5.69 Å². The van der Waals surface area contributed by atoms with E-state index in [1.807, 2.05) is 30.3 Å². The number of anilines is 2. The van der Waals surface area contributed by atoms with Gasteiger partial charge in [0.25, 0.3) is 0 Å². The Labute approximate surface area is 87.4 Å². The van der Waals surface area contributed by atoms with Crippen LogP contribution in [0.1, 0.15) is 17.4 Å². The summed E-state index contributed by atoms with van der Waals surface area (Å²) in [5.41, 5.74) is 1.44. The molecule has 0 aliphatic heterocycles. The summed E-state index contributed by atoms with van der Waals surface area (Å²) >= 11 is 0. The number of H-pyrrole nitrogens is 1. The van der Waals surface area contributed by atoms with E-state index in [-0.39, 0.29) is 5.78 Å². The summed E-state index contributed by atoms with van der Waals surface area (Å²) in [6.07, 6.45) is 1.52. The zero-order valence-corrected chi connectivity index (χ0v) is 8.32. The largest absolute Gasteiger partial charge is 0.326 e. The van der Waals surface area contributed by atoms with E-state index in [1.54, 1.807) is 0 Å². The van der Waals surface area contributed by atoms with E-state index in [0.29, 0.717) is 11.6 Å². The Morgan fingerprint density at radius 1 is 1.33 bits per heavy atom. The van der Waals surface area contributed by atoms with Gasteiger partial charge in [-0.1, -0.05) is 18.2 Å². The third-order valence-corrected chi connectivity index (χ3v) is 1.99. The molecule has 0 saturated heterocycles. The van der Waals surface area contributed by atoms with Crippen LogP contribution in [0.3, 0.4) is 0 Å². The molecular weight excluding hydrogens is 190 g/mol. The Hall–Kier alpha value is -2.10. The van der Waals surface area contributed by atoms with Gasteiger partial charge in [-0.3, -0.25) is 4.79 Å². The number of hydrogen-bond donors (Lipinski definition) is 2. The Morgan fingerprint density at radius 3 is 2.67 bits per heavy atom. The van der Waals surface area contributed by atoms with Crippen LogP contribution in [0.2, 0.25) is 0 Å². The average molecular weight is 201 g/mol. The number of aromatic amines is 1. The Morgan fingerprint density at radius 2 is 2.07 bits per heavy atom. The summed E-state index contributed by atoms with van der Waals surface area (Å²) < 4.78 is 0. The highest BCUT2D eigenvalue weighted by Gasteiger charge is 2.03. The van der Waals surface area contributed by atoms with Gasteiger partial charge in [0.15, 0.2) is 5.78 Å². The predicted octanol–water partition coefficient (Wildman–Crippen LogP) is 2.36. The summed E-state index contributed by atoms with van der Waals surface area (Å²) in [4.78, 5) is 17.9. The van der Waals surface area contributed by atoms with Crippen LogP contribution in [0.25, 0.3) is 0 Å². The number of carbonyl (C=O) groups is 1. The van der Waals surface area contributed by atoms with Crippen molar-refractivity contribution in [3.05, 3.63) is 42.2 Å². The highest BCUT2D eigenvalue weighted by Crippen LogP contribution is 2.12. The fourth-order valence-electron chi connectivity index (χ4n) is 1.22. The van der Waals surface area contributed by atoms with Crippen molar-refractivity contribution in [1.29, 1.82) is 0 Å². The van der Waals surface area contributed by atoms with E-state index in [0.717, 1.165) is 5.69 Å². The molecule has 1 heterocycles. The lowest BCUT2D eigenvalue weighted by molar-refractivity contribution is 0.101. The number of nitrogens with zero attached hydrogens (tertiary/aromatic N) is 1. The Bertz CT molecular complexity index is 462. The van der Waals surface area contributed by atoms with Gasteiger partial charge in [0.05, 0.1) is 6.20 Å². The van der Waals surface area contributed by atoms with E-state index in [9.17, 15) is 4.79 Å². The smallest absolute Gasteiger partial charge is 0.205 e. The van der Waals surface area contributed by atoms with Crippen molar-refractivity contribution in [2.75, 3.05) is 5.32 Å². The zero-order chi connectivity index (χ0) is 10.7. The van der Waals surface area contributed by atoms with Crippen molar-refractivity contribution in [3.63, 3.8) is 0 Å². The molecule has 1 aromatic carbocycles. The lowest BCUT2D eigenvalue weighted by Gasteiger charge is -2.00. The number of aromatic nitrogens is 2. The van der Waals surface area contributed by atoms with Gasteiger partial charge in [-0.05, 0) is 12.1 Å². The normalized spacial score (nSPS) is 9.93. The first-order valence-corrected chi connectivity index (χ1v) is 4.64. The maximum Gasteiger partial charge on any atom is 0.205 e. The fourth-order valence-corrected chi connectivity index (χ4v) is 1.22. The molecule has 0 amide bonds. The van der Waals surface area contributed by atoms with Crippen LogP contribution in [0, 0.1) is 0 Å².